The zero-order valence-corrected chi connectivity index (χ0v) is 15.2. The van der Waals surface area contributed by atoms with Gasteiger partial charge in [0.2, 0.25) is 0 Å². The number of sulfonamides is 1. The Labute approximate surface area is 141 Å². The summed E-state index contributed by atoms with van der Waals surface area (Å²) in [5.74, 6) is 0.635. The Hall–Kier alpha value is -1.86. The molecular weight excluding hydrogens is 332 g/mol. The molecule has 0 aliphatic carbocycles. The SMILES string of the molecule is CCOc1ccc(S(=O)(=O)N/N=C(/C)c2cc(C)sc2C)cc1. The average Bonchev–Trinajstić information content (AvgIpc) is 2.84. The van der Waals surface area contributed by atoms with Crippen LogP contribution in [0.5, 0.6) is 5.75 Å². The van der Waals surface area contributed by atoms with E-state index in [1.54, 1.807) is 30.4 Å². The van der Waals surface area contributed by atoms with E-state index in [1.165, 1.54) is 17.0 Å². The van der Waals surface area contributed by atoms with Crippen LogP contribution < -0.4 is 9.57 Å². The molecule has 0 unspecified atom stereocenters. The summed E-state index contributed by atoms with van der Waals surface area (Å²) in [6.07, 6.45) is 0. The van der Waals surface area contributed by atoms with Crippen molar-refractivity contribution in [3.63, 3.8) is 0 Å². The minimum atomic E-state index is -3.69. The van der Waals surface area contributed by atoms with Gasteiger partial charge in [-0.05, 0) is 58.0 Å². The van der Waals surface area contributed by atoms with Gasteiger partial charge in [-0.2, -0.15) is 18.4 Å². The largest absolute Gasteiger partial charge is 0.494 e. The molecule has 0 saturated heterocycles. The molecule has 2 rings (SSSR count). The first kappa shape index (κ1) is 17.5. The predicted molar refractivity (Wildman–Crippen MR) is 93.9 cm³/mol. The summed E-state index contributed by atoms with van der Waals surface area (Å²) in [7, 11) is -3.69. The standard InChI is InChI=1S/C16H20N2O3S2/c1-5-21-14-6-8-15(9-7-14)23(19,20)18-17-12(3)16-10-11(2)22-13(16)4/h6-10,18H,5H2,1-4H3/b17-12-. The lowest BCUT2D eigenvalue weighted by Gasteiger charge is -2.07. The summed E-state index contributed by atoms with van der Waals surface area (Å²) >= 11 is 1.66. The number of rotatable bonds is 6. The van der Waals surface area contributed by atoms with Crippen molar-refractivity contribution < 1.29 is 13.2 Å². The Morgan fingerprint density at radius 1 is 1.26 bits per heavy atom. The number of aryl methyl sites for hydroxylation is 2. The van der Waals surface area contributed by atoms with Crippen LogP contribution in [-0.4, -0.2) is 20.7 Å². The maximum absolute atomic E-state index is 12.3. The smallest absolute Gasteiger partial charge is 0.276 e. The second kappa shape index (κ2) is 7.14. The van der Waals surface area contributed by atoms with Gasteiger partial charge in [0.1, 0.15) is 5.75 Å². The third-order valence-electron chi connectivity index (χ3n) is 3.21. The molecule has 1 aromatic carbocycles. The molecule has 0 atom stereocenters. The van der Waals surface area contributed by atoms with Crippen molar-refractivity contribution in [3.8, 4) is 5.75 Å². The van der Waals surface area contributed by atoms with Gasteiger partial charge in [0.15, 0.2) is 0 Å². The summed E-state index contributed by atoms with van der Waals surface area (Å²) in [4.78, 5) is 4.72. The van der Waals surface area contributed by atoms with Gasteiger partial charge in [-0.3, -0.25) is 0 Å². The van der Waals surface area contributed by atoms with Crippen molar-refractivity contribution in [3.05, 3.63) is 45.6 Å². The fourth-order valence-corrected chi connectivity index (χ4v) is 3.95. The van der Waals surface area contributed by atoms with Crippen LogP contribution in [0.25, 0.3) is 0 Å². The highest BCUT2D eigenvalue weighted by atomic mass is 32.2. The lowest BCUT2D eigenvalue weighted by Crippen LogP contribution is -2.20. The van der Waals surface area contributed by atoms with Gasteiger partial charge in [-0.15, -0.1) is 11.3 Å². The van der Waals surface area contributed by atoms with E-state index in [-0.39, 0.29) is 4.90 Å². The molecule has 0 fully saturated rings. The Bertz CT molecular complexity index is 806. The van der Waals surface area contributed by atoms with Crippen LogP contribution >= 0.6 is 11.3 Å². The fourth-order valence-electron chi connectivity index (χ4n) is 2.11. The number of hydrogen-bond donors (Lipinski definition) is 1. The van der Waals surface area contributed by atoms with Crippen molar-refractivity contribution in [2.24, 2.45) is 5.10 Å². The highest BCUT2D eigenvalue weighted by Crippen LogP contribution is 2.21. The first-order valence-electron chi connectivity index (χ1n) is 7.20. The van der Waals surface area contributed by atoms with E-state index in [2.05, 4.69) is 9.93 Å². The Morgan fingerprint density at radius 2 is 1.91 bits per heavy atom. The minimum Gasteiger partial charge on any atom is -0.494 e. The highest BCUT2D eigenvalue weighted by molar-refractivity contribution is 7.89. The van der Waals surface area contributed by atoms with E-state index >= 15 is 0 Å². The lowest BCUT2D eigenvalue weighted by atomic mass is 10.2. The molecule has 0 amide bonds. The maximum atomic E-state index is 12.3. The van der Waals surface area contributed by atoms with Gasteiger partial charge in [-0.25, -0.2) is 0 Å². The van der Waals surface area contributed by atoms with Crippen molar-refractivity contribution in [2.75, 3.05) is 6.61 Å². The number of ether oxygens (including phenoxy) is 1. The topological polar surface area (TPSA) is 67.8 Å². The summed E-state index contributed by atoms with van der Waals surface area (Å²) in [5, 5.41) is 4.03. The third kappa shape index (κ3) is 4.33. The van der Waals surface area contributed by atoms with Crippen LogP contribution in [0.1, 0.15) is 29.2 Å². The second-order valence-corrected chi connectivity index (χ2v) is 8.14. The summed E-state index contributed by atoms with van der Waals surface area (Å²) in [6, 6.07) is 8.25. The van der Waals surface area contributed by atoms with Gasteiger partial charge >= 0.3 is 0 Å². The molecule has 2 aromatic rings. The van der Waals surface area contributed by atoms with Gasteiger partial charge in [0.25, 0.3) is 10.0 Å². The van der Waals surface area contributed by atoms with E-state index < -0.39 is 10.0 Å². The van der Waals surface area contributed by atoms with Gasteiger partial charge in [0, 0.05) is 15.3 Å². The summed E-state index contributed by atoms with van der Waals surface area (Å²) in [6.45, 7) is 8.20. The molecule has 7 heteroatoms. The van der Waals surface area contributed by atoms with Crippen LogP contribution in [0.4, 0.5) is 0 Å². The third-order valence-corrected chi connectivity index (χ3v) is 5.40. The van der Waals surface area contributed by atoms with E-state index in [4.69, 9.17) is 4.74 Å². The normalized spacial score (nSPS) is 12.3. The monoisotopic (exact) mass is 352 g/mol. The van der Waals surface area contributed by atoms with E-state index in [1.807, 2.05) is 26.8 Å². The number of nitrogens with zero attached hydrogens (tertiary/aromatic N) is 1. The maximum Gasteiger partial charge on any atom is 0.276 e. The second-order valence-electron chi connectivity index (χ2n) is 5.02. The number of benzene rings is 1. The molecule has 0 radical (unpaired) electrons. The molecule has 0 aliphatic rings. The van der Waals surface area contributed by atoms with Crippen LogP contribution in [-0.2, 0) is 10.0 Å². The van der Waals surface area contributed by atoms with E-state index in [9.17, 15) is 8.42 Å². The first-order valence-corrected chi connectivity index (χ1v) is 9.50. The molecular formula is C16H20N2O3S2. The van der Waals surface area contributed by atoms with Gasteiger partial charge in [-0.1, -0.05) is 0 Å². The summed E-state index contributed by atoms with van der Waals surface area (Å²) in [5.41, 5.74) is 1.60. The van der Waals surface area contributed by atoms with Gasteiger partial charge < -0.3 is 4.74 Å². The molecule has 0 bridgehead atoms. The van der Waals surface area contributed by atoms with Crippen LogP contribution in [0.3, 0.4) is 0 Å². The highest BCUT2D eigenvalue weighted by Gasteiger charge is 2.14. The van der Waals surface area contributed by atoms with E-state index in [0.29, 0.717) is 18.1 Å². The van der Waals surface area contributed by atoms with Crippen molar-refractivity contribution in [1.82, 2.24) is 4.83 Å². The van der Waals surface area contributed by atoms with Crippen LogP contribution in [0.15, 0.2) is 40.3 Å². The van der Waals surface area contributed by atoms with Gasteiger partial charge in [0.05, 0.1) is 17.2 Å². The molecule has 1 heterocycles. The predicted octanol–water partition coefficient (Wildman–Crippen LogP) is 3.47. The number of hydrazone groups is 1. The number of nitrogens with one attached hydrogen (secondary N) is 1. The molecule has 1 N–H and O–H groups in total. The Balaban J connectivity index is 2.17. The molecule has 0 spiro atoms. The van der Waals surface area contributed by atoms with Crippen molar-refractivity contribution in [2.45, 2.75) is 32.6 Å². The number of hydrogen-bond acceptors (Lipinski definition) is 5. The van der Waals surface area contributed by atoms with Crippen molar-refractivity contribution in [1.29, 1.82) is 0 Å². The average molecular weight is 352 g/mol. The quantitative estimate of drug-likeness (QED) is 0.639. The molecule has 5 nitrogen and oxygen atoms in total. The molecule has 23 heavy (non-hydrogen) atoms. The number of thiophene rings is 1. The Kier molecular flexibility index (Phi) is 5.43. The first-order chi connectivity index (χ1) is 10.8. The van der Waals surface area contributed by atoms with Crippen LogP contribution in [0.2, 0.25) is 0 Å². The molecule has 124 valence electrons. The summed E-state index contributed by atoms with van der Waals surface area (Å²) < 4.78 is 29.8. The van der Waals surface area contributed by atoms with Crippen LogP contribution in [0, 0.1) is 13.8 Å². The zero-order valence-electron chi connectivity index (χ0n) is 13.6. The van der Waals surface area contributed by atoms with E-state index in [0.717, 1.165) is 10.4 Å². The zero-order chi connectivity index (χ0) is 17.0. The molecule has 1 aromatic heterocycles. The van der Waals surface area contributed by atoms with Crippen molar-refractivity contribution >= 4 is 27.1 Å². The Morgan fingerprint density at radius 3 is 2.43 bits per heavy atom. The molecule has 0 saturated carbocycles. The molecule has 0 aliphatic heterocycles. The lowest BCUT2D eigenvalue weighted by molar-refractivity contribution is 0.340. The minimum absolute atomic E-state index is 0.149. The fraction of sp³-hybridized carbons (Fsp3) is 0.312.